The molecule has 0 amide bonds. The molecule has 16 heavy (non-hydrogen) atoms. The Hall–Kier alpha value is -0.590. The number of hydrogen-bond donors (Lipinski definition) is 1. The zero-order valence-corrected chi connectivity index (χ0v) is 10.5. The van der Waals surface area contributed by atoms with Crippen molar-refractivity contribution < 1.29 is 5.11 Å². The Kier molecular flexibility index (Phi) is 2.76. The molecule has 0 radical (unpaired) electrons. The van der Waals surface area contributed by atoms with E-state index in [1.165, 1.54) is 6.42 Å². The molecule has 1 saturated carbocycles. The first kappa shape index (κ1) is 11.9. The van der Waals surface area contributed by atoms with Crippen LogP contribution in [0.1, 0.15) is 46.0 Å². The molecular weight excluding hydrogens is 200 g/mol. The minimum absolute atomic E-state index is 0.000394. The van der Waals surface area contributed by atoms with Crippen LogP contribution in [0.3, 0.4) is 0 Å². The second-order valence-corrected chi connectivity index (χ2v) is 5.86. The number of piperidine rings is 1. The number of nitriles is 1. The summed E-state index contributed by atoms with van der Waals surface area (Å²) in [6, 6.07) is 2.47. The van der Waals surface area contributed by atoms with Crippen LogP contribution in [-0.4, -0.2) is 34.2 Å². The highest BCUT2D eigenvalue weighted by atomic mass is 16.3. The van der Waals surface area contributed by atoms with Crippen LogP contribution in [0.25, 0.3) is 0 Å². The zero-order valence-electron chi connectivity index (χ0n) is 10.5. The summed E-state index contributed by atoms with van der Waals surface area (Å²) in [5, 5.41) is 19.8. The van der Waals surface area contributed by atoms with Crippen LogP contribution in [0, 0.1) is 17.2 Å². The van der Waals surface area contributed by atoms with Crippen LogP contribution < -0.4 is 0 Å². The average Bonchev–Trinajstić information content (AvgIpc) is 2.26. The molecule has 4 unspecified atom stereocenters. The minimum atomic E-state index is -1.11. The molecule has 1 heterocycles. The first-order valence-corrected chi connectivity index (χ1v) is 6.30. The Morgan fingerprint density at radius 3 is 2.75 bits per heavy atom. The normalized spacial score (nSPS) is 49.4. The van der Waals surface area contributed by atoms with Gasteiger partial charge in [-0.15, -0.1) is 0 Å². The fourth-order valence-electron chi connectivity index (χ4n) is 3.85. The quantitative estimate of drug-likeness (QED) is 0.637. The molecule has 4 atom stereocenters. The lowest BCUT2D eigenvalue weighted by Gasteiger charge is -2.58. The summed E-state index contributed by atoms with van der Waals surface area (Å²) in [6.45, 7) is 4.33. The predicted octanol–water partition coefficient (Wildman–Crippen LogP) is 1.91. The third-order valence-corrected chi connectivity index (χ3v) is 5.02. The lowest BCUT2D eigenvalue weighted by molar-refractivity contribution is -0.137. The summed E-state index contributed by atoms with van der Waals surface area (Å²) in [6.07, 6.45) is 5.03. The van der Waals surface area contributed by atoms with Gasteiger partial charge in [-0.05, 0) is 33.7 Å². The van der Waals surface area contributed by atoms with Gasteiger partial charge in [0.25, 0.3) is 0 Å². The smallest absolute Gasteiger partial charge is 0.157 e. The topological polar surface area (TPSA) is 47.3 Å². The van der Waals surface area contributed by atoms with Crippen molar-refractivity contribution in [1.82, 2.24) is 4.90 Å². The molecule has 2 aliphatic rings. The van der Waals surface area contributed by atoms with E-state index in [1.54, 1.807) is 0 Å². The number of likely N-dealkylation sites (tertiary alicyclic amines) is 1. The van der Waals surface area contributed by atoms with E-state index in [1.807, 2.05) is 0 Å². The fraction of sp³-hybridized carbons (Fsp3) is 0.923. The average molecular weight is 222 g/mol. The summed E-state index contributed by atoms with van der Waals surface area (Å²) in [5.41, 5.74) is -1.11. The first-order valence-electron chi connectivity index (χ1n) is 6.30. The van der Waals surface area contributed by atoms with E-state index in [0.29, 0.717) is 6.42 Å². The lowest BCUT2D eigenvalue weighted by atomic mass is 9.61. The standard InChI is InChI=1S/C13H22N2O/c1-10-8-13(16,9-14)11-6-4-5-7-12(11,2)15(10)3/h10-11,16H,4-8H2,1-3H3. The van der Waals surface area contributed by atoms with Gasteiger partial charge in [0.15, 0.2) is 5.60 Å². The number of nitrogens with zero attached hydrogens (tertiary/aromatic N) is 2. The third kappa shape index (κ3) is 1.48. The molecule has 0 bridgehead atoms. The van der Waals surface area contributed by atoms with Crippen LogP contribution in [0.5, 0.6) is 0 Å². The van der Waals surface area contributed by atoms with E-state index >= 15 is 0 Å². The van der Waals surface area contributed by atoms with E-state index in [0.717, 1.165) is 19.3 Å². The summed E-state index contributed by atoms with van der Waals surface area (Å²) in [5.74, 6) is 0.111. The van der Waals surface area contributed by atoms with E-state index in [-0.39, 0.29) is 17.5 Å². The molecule has 0 aromatic rings. The summed E-state index contributed by atoms with van der Waals surface area (Å²) in [4.78, 5) is 2.38. The second-order valence-electron chi connectivity index (χ2n) is 5.86. The molecule has 1 N–H and O–H groups in total. The van der Waals surface area contributed by atoms with Crippen LogP contribution in [0.4, 0.5) is 0 Å². The maximum Gasteiger partial charge on any atom is 0.157 e. The van der Waals surface area contributed by atoms with Crippen LogP contribution >= 0.6 is 0 Å². The second kappa shape index (κ2) is 3.72. The van der Waals surface area contributed by atoms with E-state index in [4.69, 9.17) is 0 Å². The molecule has 3 nitrogen and oxygen atoms in total. The maximum absolute atomic E-state index is 10.5. The highest BCUT2D eigenvalue weighted by Gasteiger charge is 2.56. The summed E-state index contributed by atoms with van der Waals surface area (Å²) in [7, 11) is 2.14. The Labute approximate surface area is 98.1 Å². The first-order chi connectivity index (χ1) is 7.44. The van der Waals surface area contributed by atoms with Crippen molar-refractivity contribution >= 4 is 0 Å². The molecule has 0 aromatic heterocycles. The molecule has 90 valence electrons. The van der Waals surface area contributed by atoms with Gasteiger partial charge in [0.05, 0.1) is 6.07 Å². The van der Waals surface area contributed by atoms with Crippen molar-refractivity contribution in [3.8, 4) is 6.07 Å². The Morgan fingerprint density at radius 1 is 1.44 bits per heavy atom. The van der Waals surface area contributed by atoms with Gasteiger partial charge in [-0.1, -0.05) is 12.8 Å². The number of hydrogen-bond acceptors (Lipinski definition) is 3. The van der Waals surface area contributed by atoms with Crippen LogP contribution in [0.2, 0.25) is 0 Å². The van der Waals surface area contributed by atoms with Gasteiger partial charge in [-0.3, -0.25) is 4.90 Å². The highest BCUT2D eigenvalue weighted by Crippen LogP contribution is 2.49. The fourth-order valence-corrected chi connectivity index (χ4v) is 3.85. The lowest BCUT2D eigenvalue weighted by Crippen LogP contribution is -2.66. The Morgan fingerprint density at radius 2 is 2.12 bits per heavy atom. The molecular formula is C13H22N2O. The number of rotatable bonds is 0. The molecule has 1 saturated heterocycles. The molecule has 1 aliphatic carbocycles. The van der Waals surface area contributed by atoms with Crippen LogP contribution in [-0.2, 0) is 0 Å². The molecule has 2 fully saturated rings. The maximum atomic E-state index is 10.5. The SMILES string of the molecule is CC1CC(O)(C#N)C2CCCCC2(C)N1C. The molecule has 2 rings (SSSR count). The number of aliphatic hydroxyl groups is 1. The van der Waals surface area contributed by atoms with Gasteiger partial charge in [0.1, 0.15) is 0 Å². The third-order valence-electron chi connectivity index (χ3n) is 5.02. The van der Waals surface area contributed by atoms with E-state index < -0.39 is 5.60 Å². The zero-order chi connectivity index (χ0) is 12.0. The molecule has 3 heteroatoms. The van der Waals surface area contributed by atoms with Crippen molar-refractivity contribution in [3.05, 3.63) is 0 Å². The molecule has 0 aromatic carbocycles. The summed E-state index contributed by atoms with van der Waals surface area (Å²) < 4.78 is 0. The van der Waals surface area contributed by atoms with Gasteiger partial charge < -0.3 is 5.11 Å². The van der Waals surface area contributed by atoms with Crippen molar-refractivity contribution in [2.24, 2.45) is 5.92 Å². The van der Waals surface area contributed by atoms with E-state index in [2.05, 4.69) is 31.9 Å². The van der Waals surface area contributed by atoms with Gasteiger partial charge in [0, 0.05) is 23.9 Å². The van der Waals surface area contributed by atoms with E-state index in [9.17, 15) is 10.4 Å². The van der Waals surface area contributed by atoms with Crippen molar-refractivity contribution in [2.45, 2.75) is 63.1 Å². The van der Waals surface area contributed by atoms with Gasteiger partial charge >= 0.3 is 0 Å². The summed E-state index contributed by atoms with van der Waals surface area (Å²) >= 11 is 0. The largest absolute Gasteiger partial charge is 0.375 e. The van der Waals surface area contributed by atoms with Crippen LogP contribution in [0.15, 0.2) is 0 Å². The van der Waals surface area contributed by atoms with Gasteiger partial charge in [0.2, 0.25) is 0 Å². The molecule has 0 spiro atoms. The predicted molar refractivity (Wildman–Crippen MR) is 62.8 cm³/mol. The molecule has 1 aliphatic heterocycles. The Bertz CT molecular complexity index is 324. The monoisotopic (exact) mass is 222 g/mol. The van der Waals surface area contributed by atoms with Gasteiger partial charge in [-0.2, -0.15) is 5.26 Å². The van der Waals surface area contributed by atoms with Crippen molar-refractivity contribution in [3.63, 3.8) is 0 Å². The highest BCUT2D eigenvalue weighted by molar-refractivity contribution is 5.17. The Balaban J connectivity index is 2.39. The van der Waals surface area contributed by atoms with Gasteiger partial charge in [-0.25, -0.2) is 0 Å². The minimum Gasteiger partial charge on any atom is -0.375 e. The number of fused-ring (bicyclic) bond motifs is 1. The van der Waals surface area contributed by atoms with Crippen molar-refractivity contribution in [1.29, 1.82) is 5.26 Å². The van der Waals surface area contributed by atoms with Crippen molar-refractivity contribution in [2.75, 3.05) is 7.05 Å².